The number of thioether (sulfide) groups is 1. The first kappa shape index (κ1) is 12.4. The lowest BCUT2D eigenvalue weighted by Crippen LogP contribution is -2.53. The van der Waals surface area contributed by atoms with Crippen molar-refractivity contribution in [1.82, 2.24) is 10.2 Å². The molecule has 0 bridgehead atoms. The maximum absolute atomic E-state index is 11.7. The summed E-state index contributed by atoms with van der Waals surface area (Å²) in [6.45, 7) is 0.723. The van der Waals surface area contributed by atoms with Crippen molar-refractivity contribution < 1.29 is 8.42 Å². The van der Waals surface area contributed by atoms with Gasteiger partial charge in [0.25, 0.3) is 0 Å². The van der Waals surface area contributed by atoms with Crippen LogP contribution in [0.5, 0.6) is 0 Å². The van der Waals surface area contributed by atoms with Gasteiger partial charge in [-0.15, -0.1) is 0 Å². The van der Waals surface area contributed by atoms with Gasteiger partial charge >= 0.3 is 0 Å². The molecule has 1 aliphatic carbocycles. The Balaban J connectivity index is 2.06. The van der Waals surface area contributed by atoms with Crippen LogP contribution in [-0.4, -0.2) is 54.2 Å². The first-order valence-electron chi connectivity index (χ1n) is 5.32. The molecule has 1 atom stereocenters. The first-order valence-corrected chi connectivity index (χ1v) is 8.84. The molecule has 1 heterocycles. The fourth-order valence-electron chi connectivity index (χ4n) is 1.65. The van der Waals surface area contributed by atoms with Crippen LogP contribution in [0, 0.1) is 0 Å². The van der Waals surface area contributed by atoms with Crippen molar-refractivity contribution in [2.75, 3.05) is 24.3 Å². The van der Waals surface area contributed by atoms with Crippen molar-refractivity contribution in [3.05, 3.63) is 0 Å². The van der Waals surface area contributed by atoms with E-state index in [1.807, 2.05) is 4.90 Å². The van der Waals surface area contributed by atoms with Crippen molar-refractivity contribution in [1.29, 1.82) is 0 Å². The van der Waals surface area contributed by atoms with E-state index in [1.165, 1.54) is 6.26 Å². The summed E-state index contributed by atoms with van der Waals surface area (Å²) in [4.78, 5) is 1.83. The molecule has 1 saturated carbocycles. The maximum atomic E-state index is 11.7. The van der Waals surface area contributed by atoms with E-state index >= 15 is 0 Å². The smallest absolute Gasteiger partial charge is 0.170 e. The van der Waals surface area contributed by atoms with E-state index < -0.39 is 15.2 Å². The third-order valence-corrected chi connectivity index (χ3v) is 5.74. The Labute approximate surface area is 106 Å². The standard InChI is InChI=1S/C9H16N2O2S3/c1-16(12,13)8-6-15-5-4-11(8)9(14)10-7-2-3-7/h7-8H,2-6H2,1H3,(H,10,14). The minimum atomic E-state index is -3.06. The molecule has 0 aromatic heterocycles. The van der Waals surface area contributed by atoms with Gasteiger partial charge in [0.15, 0.2) is 14.9 Å². The lowest BCUT2D eigenvalue weighted by atomic mass is 10.5. The number of nitrogens with one attached hydrogen (secondary N) is 1. The molecular formula is C9H16N2O2S3. The molecule has 0 radical (unpaired) electrons. The quantitative estimate of drug-likeness (QED) is 0.741. The highest BCUT2D eigenvalue weighted by molar-refractivity contribution is 8.00. The van der Waals surface area contributed by atoms with E-state index in [2.05, 4.69) is 5.32 Å². The second-order valence-corrected chi connectivity index (χ2v) is 8.02. The van der Waals surface area contributed by atoms with Gasteiger partial charge in [0.1, 0.15) is 5.37 Å². The molecule has 4 nitrogen and oxygen atoms in total. The zero-order valence-electron chi connectivity index (χ0n) is 9.18. The number of hydrogen-bond acceptors (Lipinski definition) is 4. The molecule has 1 aliphatic heterocycles. The molecule has 0 amide bonds. The van der Waals surface area contributed by atoms with Crippen LogP contribution in [0.4, 0.5) is 0 Å². The molecule has 16 heavy (non-hydrogen) atoms. The molecule has 0 aromatic carbocycles. The molecule has 0 aromatic rings. The van der Waals surface area contributed by atoms with Crippen LogP contribution in [0.1, 0.15) is 12.8 Å². The number of hydrogen-bond donors (Lipinski definition) is 1. The molecule has 2 rings (SSSR count). The Bertz CT molecular complexity index is 378. The largest absolute Gasteiger partial charge is 0.360 e. The van der Waals surface area contributed by atoms with Crippen molar-refractivity contribution in [2.24, 2.45) is 0 Å². The highest BCUT2D eigenvalue weighted by Crippen LogP contribution is 2.23. The van der Waals surface area contributed by atoms with Gasteiger partial charge in [0, 0.05) is 30.3 Å². The summed E-state index contributed by atoms with van der Waals surface area (Å²) in [5.74, 6) is 1.56. The monoisotopic (exact) mass is 280 g/mol. The third-order valence-electron chi connectivity index (χ3n) is 2.74. The Kier molecular flexibility index (Phi) is 3.65. The van der Waals surface area contributed by atoms with E-state index in [-0.39, 0.29) is 0 Å². The van der Waals surface area contributed by atoms with E-state index in [1.54, 1.807) is 11.8 Å². The summed E-state index contributed by atoms with van der Waals surface area (Å²) >= 11 is 6.95. The predicted molar refractivity (Wildman–Crippen MR) is 71.4 cm³/mol. The highest BCUT2D eigenvalue weighted by Gasteiger charge is 2.34. The van der Waals surface area contributed by atoms with Crippen molar-refractivity contribution >= 4 is 38.9 Å². The molecule has 7 heteroatoms. The SMILES string of the molecule is CS(=O)(=O)C1CSCCN1C(=S)NC1CC1. The van der Waals surface area contributed by atoms with Crippen LogP contribution in [0.25, 0.3) is 0 Å². The van der Waals surface area contributed by atoms with Crippen molar-refractivity contribution in [2.45, 2.75) is 24.3 Å². The molecule has 1 saturated heterocycles. The van der Waals surface area contributed by atoms with Crippen molar-refractivity contribution in [3.63, 3.8) is 0 Å². The molecule has 92 valence electrons. The number of rotatable bonds is 2. The number of sulfone groups is 1. The Morgan fingerprint density at radius 1 is 1.50 bits per heavy atom. The second-order valence-electron chi connectivity index (χ2n) is 4.28. The molecule has 1 N–H and O–H groups in total. The summed E-state index contributed by atoms with van der Waals surface area (Å²) in [5, 5.41) is 3.37. The zero-order chi connectivity index (χ0) is 11.8. The summed E-state index contributed by atoms with van der Waals surface area (Å²) in [6.07, 6.45) is 3.58. The van der Waals surface area contributed by atoms with Gasteiger partial charge in [0.2, 0.25) is 0 Å². The minimum absolute atomic E-state index is 0.454. The molecular weight excluding hydrogens is 264 g/mol. The normalized spacial score (nSPS) is 26.6. The molecule has 0 spiro atoms. The van der Waals surface area contributed by atoms with Gasteiger partial charge < -0.3 is 10.2 Å². The van der Waals surface area contributed by atoms with Crippen LogP contribution >= 0.6 is 24.0 Å². The average molecular weight is 280 g/mol. The molecule has 1 unspecified atom stereocenters. The van der Waals surface area contributed by atoms with Crippen LogP contribution in [0.3, 0.4) is 0 Å². The van der Waals surface area contributed by atoms with Gasteiger partial charge in [-0.2, -0.15) is 11.8 Å². The third kappa shape index (κ3) is 3.01. The van der Waals surface area contributed by atoms with Gasteiger partial charge in [-0.25, -0.2) is 8.42 Å². The first-order chi connectivity index (χ1) is 7.48. The van der Waals surface area contributed by atoms with E-state index in [0.717, 1.165) is 25.1 Å². The zero-order valence-corrected chi connectivity index (χ0v) is 11.6. The van der Waals surface area contributed by atoms with E-state index in [4.69, 9.17) is 12.2 Å². The molecule has 2 aliphatic rings. The molecule has 2 fully saturated rings. The van der Waals surface area contributed by atoms with Gasteiger partial charge in [-0.05, 0) is 25.1 Å². The summed E-state index contributed by atoms with van der Waals surface area (Å²) in [6, 6.07) is 0.474. The Hall–Kier alpha value is -0.0100. The Morgan fingerprint density at radius 3 is 2.75 bits per heavy atom. The fraction of sp³-hybridized carbons (Fsp3) is 0.889. The second kappa shape index (κ2) is 4.70. The van der Waals surface area contributed by atoms with E-state index in [0.29, 0.717) is 16.9 Å². The van der Waals surface area contributed by atoms with Gasteiger partial charge in [-0.3, -0.25) is 0 Å². The van der Waals surface area contributed by atoms with Crippen LogP contribution in [0.15, 0.2) is 0 Å². The average Bonchev–Trinajstić information content (AvgIpc) is 3.00. The van der Waals surface area contributed by atoms with Crippen LogP contribution in [0.2, 0.25) is 0 Å². The van der Waals surface area contributed by atoms with Crippen LogP contribution in [-0.2, 0) is 9.84 Å². The maximum Gasteiger partial charge on any atom is 0.170 e. The predicted octanol–water partition coefficient (Wildman–Crippen LogP) is 0.443. The van der Waals surface area contributed by atoms with Gasteiger partial charge in [0.05, 0.1) is 0 Å². The summed E-state index contributed by atoms with van der Waals surface area (Å²) in [7, 11) is -3.06. The van der Waals surface area contributed by atoms with Crippen molar-refractivity contribution in [3.8, 4) is 0 Å². The summed E-state index contributed by atoms with van der Waals surface area (Å²) in [5.41, 5.74) is 0. The minimum Gasteiger partial charge on any atom is -0.360 e. The van der Waals surface area contributed by atoms with E-state index in [9.17, 15) is 8.42 Å². The lowest BCUT2D eigenvalue weighted by molar-refractivity contribution is 0.404. The topological polar surface area (TPSA) is 49.4 Å². The highest BCUT2D eigenvalue weighted by atomic mass is 32.2. The summed E-state index contributed by atoms with van der Waals surface area (Å²) < 4.78 is 23.3. The van der Waals surface area contributed by atoms with Gasteiger partial charge in [-0.1, -0.05) is 0 Å². The Morgan fingerprint density at radius 2 is 2.19 bits per heavy atom. The number of thiocarbonyl (C=S) groups is 1. The van der Waals surface area contributed by atoms with Crippen LogP contribution < -0.4 is 5.32 Å². The number of nitrogens with zero attached hydrogens (tertiary/aromatic N) is 1. The fourth-order valence-corrected chi connectivity index (χ4v) is 4.93. The lowest BCUT2D eigenvalue weighted by Gasteiger charge is -2.36.